The summed E-state index contributed by atoms with van der Waals surface area (Å²) < 4.78 is 0. The summed E-state index contributed by atoms with van der Waals surface area (Å²) >= 11 is 0. The Morgan fingerprint density at radius 3 is 2.45 bits per heavy atom. The highest BCUT2D eigenvalue weighted by molar-refractivity contribution is 5.87. The Kier molecular flexibility index (Phi) is 6.44. The fourth-order valence-electron chi connectivity index (χ4n) is 3.08. The first-order valence-corrected chi connectivity index (χ1v) is 8.24. The summed E-state index contributed by atoms with van der Waals surface area (Å²) in [5.41, 5.74) is 1.27. The molecule has 4 nitrogen and oxygen atoms in total. The first-order valence-electron chi connectivity index (χ1n) is 8.24. The SMILES string of the molecule is O=C(CCc1ccc(C(=O)O)cc1)NCCCC1CCCC1. The summed E-state index contributed by atoms with van der Waals surface area (Å²) in [7, 11) is 0. The highest BCUT2D eigenvalue weighted by Crippen LogP contribution is 2.28. The molecule has 0 unspecified atom stereocenters. The highest BCUT2D eigenvalue weighted by atomic mass is 16.4. The number of carboxylic acid groups (broad SMARTS) is 1. The Bertz CT molecular complexity index is 490. The number of hydrogen-bond acceptors (Lipinski definition) is 2. The number of rotatable bonds is 8. The molecule has 2 N–H and O–H groups in total. The zero-order valence-corrected chi connectivity index (χ0v) is 13.0. The summed E-state index contributed by atoms with van der Waals surface area (Å²) in [6.07, 6.45) is 8.88. The predicted molar refractivity (Wildman–Crippen MR) is 85.9 cm³/mol. The van der Waals surface area contributed by atoms with E-state index in [1.807, 2.05) is 0 Å². The Morgan fingerprint density at radius 2 is 1.82 bits per heavy atom. The summed E-state index contributed by atoms with van der Waals surface area (Å²) in [6, 6.07) is 6.71. The number of carboxylic acids is 1. The van der Waals surface area contributed by atoms with Gasteiger partial charge in [-0.3, -0.25) is 4.79 Å². The Labute approximate surface area is 131 Å². The van der Waals surface area contributed by atoms with E-state index < -0.39 is 5.97 Å². The van der Waals surface area contributed by atoms with Gasteiger partial charge in [-0.15, -0.1) is 0 Å². The fourth-order valence-corrected chi connectivity index (χ4v) is 3.08. The lowest BCUT2D eigenvalue weighted by atomic mass is 10.0. The second-order valence-corrected chi connectivity index (χ2v) is 6.14. The second kappa shape index (κ2) is 8.57. The zero-order valence-electron chi connectivity index (χ0n) is 13.0. The second-order valence-electron chi connectivity index (χ2n) is 6.14. The van der Waals surface area contributed by atoms with Crippen LogP contribution in [-0.2, 0) is 11.2 Å². The third-order valence-corrected chi connectivity index (χ3v) is 4.43. The molecule has 1 amide bonds. The van der Waals surface area contributed by atoms with E-state index in [0.29, 0.717) is 12.8 Å². The minimum Gasteiger partial charge on any atom is -0.478 e. The minimum absolute atomic E-state index is 0.0775. The minimum atomic E-state index is -0.924. The average molecular weight is 303 g/mol. The summed E-state index contributed by atoms with van der Waals surface area (Å²) in [6.45, 7) is 0.771. The number of carbonyl (C=O) groups excluding carboxylic acids is 1. The van der Waals surface area contributed by atoms with E-state index in [-0.39, 0.29) is 11.5 Å². The number of aromatic carboxylic acids is 1. The van der Waals surface area contributed by atoms with Crippen LogP contribution in [0.1, 0.15) is 60.9 Å². The standard InChI is InChI=1S/C18H25NO3/c20-17(19-13-3-6-14-4-1-2-5-14)12-9-15-7-10-16(11-8-15)18(21)22/h7-8,10-11,14H,1-6,9,12-13H2,(H,19,20)(H,21,22). The molecule has 1 fully saturated rings. The molecule has 0 bridgehead atoms. The van der Waals surface area contributed by atoms with Gasteiger partial charge >= 0.3 is 5.97 Å². The van der Waals surface area contributed by atoms with E-state index in [0.717, 1.165) is 24.4 Å². The first kappa shape index (κ1) is 16.5. The quantitative estimate of drug-likeness (QED) is 0.723. The van der Waals surface area contributed by atoms with Crippen molar-refractivity contribution in [3.63, 3.8) is 0 Å². The molecule has 22 heavy (non-hydrogen) atoms. The number of hydrogen-bond donors (Lipinski definition) is 2. The maximum absolute atomic E-state index is 11.8. The smallest absolute Gasteiger partial charge is 0.335 e. The molecule has 1 aromatic rings. The topological polar surface area (TPSA) is 66.4 Å². The normalized spacial score (nSPS) is 14.9. The predicted octanol–water partition coefficient (Wildman–Crippen LogP) is 3.40. The van der Waals surface area contributed by atoms with Crippen LogP contribution in [0.3, 0.4) is 0 Å². The van der Waals surface area contributed by atoms with E-state index in [2.05, 4.69) is 5.32 Å². The Hall–Kier alpha value is -1.84. The van der Waals surface area contributed by atoms with Crippen molar-refractivity contribution in [3.05, 3.63) is 35.4 Å². The van der Waals surface area contributed by atoms with Crippen LogP contribution in [0.25, 0.3) is 0 Å². The van der Waals surface area contributed by atoms with Crippen molar-refractivity contribution >= 4 is 11.9 Å². The molecule has 0 atom stereocenters. The van der Waals surface area contributed by atoms with Gasteiger partial charge in [-0.25, -0.2) is 4.79 Å². The number of benzene rings is 1. The van der Waals surface area contributed by atoms with Crippen molar-refractivity contribution in [2.75, 3.05) is 6.54 Å². The Morgan fingerprint density at radius 1 is 1.14 bits per heavy atom. The van der Waals surface area contributed by atoms with Gasteiger partial charge < -0.3 is 10.4 Å². The largest absolute Gasteiger partial charge is 0.478 e. The maximum Gasteiger partial charge on any atom is 0.335 e. The van der Waals surface area contributed by atoms with Gasteiger partial charge in [0.25, 0.3) is 0 Å². The molecule has 1 aliphatic carbocycles. The molecule has 0 aliphatic heterocycles. The van der Waals surface area contributed by atoms with Gasteiger partial charge in [0, 0.05) is 13.0 Å². The van der Waals surface area contributed by atoms with Crippen LogP contribution >= 0.6 is 0 Å². The van der Waals surface area contributed by atoms with E-state index in [9.17, 15) is 9.59 Å². The van der Waals surface area contributed by atoms with Crippen LogP contribution in [0.15, 0.2) is 24.3 Å². The van der Waals surface area contributed by atoms with Crippen molar-refractivity contribution < 1.29 is 14.7 Å². The van der Waals surface area contributed by atoms with Crippen molar-refractivity contribution in [2.45, 2.75) is 51.4 Å². The number of nitrogens with one attached hydrogen (secondary N) is 1. The third-order valence-electron chi connectivity index (χ3n) is 4.43. The van der Waals surface area contributed by atoms with E-state index in [4.69, 9.17) is 5.11 Å². The average Bonchev–Trinajstić information content (AvgIpc) is 3.03. The summed E-state index contributed by atoms with van der Waals surface area (Å²) in [5.74, 6) is 0.0324. The lowest BCUT2D eigenvalue weighted by molar-refractivity contribution is -0.121. The summed E-state index contributed by atoms with van der Waals surface area (Å²) in [4.78, 5) is 22.5. The lowest BCUT2D eigenvalue weighted by Gasteiger charge is -2.09. The van der Waals surface area contributed by atoms with Gasteiger partial charge in [0.15, 0.2) is 0 Å². The monoisotopic (exact) mass is 303 g/mol. The van der Waals surface area contributed by atoms with Crippen molar-refractivity contribution in [1.29, 1.82) is 0 Å². The van der Waals surface area contributed by atoms with E-state index in [1.165, 1.54) is 32.1 Å². The van der Waals surface area contributed by atoms with Crippen molar-refractivity contribution in [1.82, 2.24) is 5.32 Å². The van der Waals surface area contributed by atoms with Gasteiger partial charge in [-0.1, -0.05) is 37.8 Å². The molecule has 0 aromatic heterocycles. The lowest BCUT2D eigenvalue weighted by Crippen LogP contribution is -2.24. The molecule has 1 saturated carbocycles. The Balaban J connectivity index is 1.59. The molecule has 0 saturated heterocycles. The van der Waals surface area contributed by atoms with Crippen LogP contribution in [0.5, 0.6) is 0 Å². The third kappa shape index (κ3) is 5.51. The number of carbonyl (C=O) groups is 2. The van der Waals surface area contributed by atoms with Crippen molar-refractivity contribution in [2.24, 2.45) is 5.92 Å². The van der Waals surface area contributed by atoms with Gasteiger partial charge in [0.05, 0.1) is 5.56 Å². The van der Waals surface area contributed by atoms with Crippen LogP contribution in [0.4, 0.5) is 0 Å². The van der Waals surface area contributed by atoms with Crippen LogP contribution < -0.4 is 5.32 Å². The molecule has 1 aliphatic rings. The molecule has 0 radical (unpaired) electrons. The van der Waals surface area contributed by atoms with E-state index >= 15 is 0 Å². The van der Waals surface area contributed by atoms with Gasteiger partial charge in [-0.05, 0) is 42.9 Å². The molecule has 2 rings (SSSR count). The van der Waals surface area contributed by atoms with Crippen LogP contribution in [-0.4, -0.2) is 23.5 Å². The number of aryl methyl sites for hydroxylation is 1. The molecular weight excluding hydrogens is 278 g/mol. The van der Waals surface area contributed by atoms with Gasteiger partial charge in [0.2, 0.25) is 5.91 Å². The van der Waals surface area contributed by atoms with Gasteiger partial charge in [0.1, 0.15) is 0 Å². The molecule has 0 spiro atoms. The molecule has 4 heteroatoms. The molecular formula is C18H25NO3. The number of amides is 1. The molecule has 120 valence electrons. The van der Waals surface area contributed by atoms with E-state index in [1.54, 1.807) is 24.3 Å². The van der Waals surface area contributed by atoms with Crippen LogP contribution in [0, 0.1) is 5.92 Å². The van der Waals surface area contributed by atoms with Gasteiger partial charge in [-0.2, -0.15) is 0 Å². The van der Waals surface area contributed by atoms with Crippen molar-refractivity contribution in [3.8, 4) is 0 Å². The zero-order chi connectivity index (χ0) is 15.8. The summed E-state index contributed by atoms with van der Waals surface area (Å²) in [5, 5.41) is 11.8. The first-order chi connectivity index (χ1) is 10.6. The maximum atomic E-state index is 11.8. The molecule has 0 heterocycles. The van der Waals surface area contributed by atoms with Crippen LogP contribution in [0.2, 0.25) is 0 Å². The fraction of sp³-hybridized carbons (Fsp3) is 0.556. The highest BCUT2D eigenvalue weighted by Gasteiger charge is 2.14. The molecule has 1 aromatic carbocycles.